The molecule has 0 aliphatic rings. The molecule has 0 aliphatic heterocycles. The maximum absolute atomic E-state index is 11.8. The number of nitriles is 1. The van der Waals surface area contributed by atoms with E-state index in [2.05, 4.69) is 15.2 Å². The normalized spacial score (nSPS) is 11.6. The molecule has 6 nitrogen and oxygen atoms in total. The number of H-pyrrole nitrogens is 1. The van der Waals surface area contributed by atoms with Crippen molar-refractivity contribution in [2.45, 2.75) is 12.1 Å². The van der Waals surface area contributed by atoms with Crippen LogP contribution in [0, 0.1) is 11.3 Å². The van der Waals surface area contributed by atoms with E-state index in [1.54, 1.807) is 0 Å². The van der Waals surface area contributed by atoms with Gasteiger partial charge in [-0.2, -0.15) is 5.26 Å². The molecule has 0 spiro atoms. The summed E-state index contributed by atoms with van der Waals surface area (Å²) in [5, 5.41) is 16.2. The third kappa shape index (κ3) is 3.70. The van der Waals surface area contributed by atoms with E-state index >= 15 is 0 Å². The Balaban J connectivity index is 2.03. The minimum atomic E-state index is -0.325. The maximum atomic E-state index is 11.8. The van der Waals surface area contributed by atoms with Crippen LogP contribution in [0.2, 0.25) is 0 Å². The lowest BCUT2D eigenvalue weighted by Crippen LogP contribution is -2.10. The molecule has 1 aromatic heterocycles. The van der Waals surface area contributed by atoms with Gasteiger partial charge in [-0.3, -0.25) is 9.89 Å². The number of benzene rings is 1. The number of ketones is 1. The predicted octanol–water partition coefficient (Wildman–Crippen LogP) is 1.89. The number of aromatic amines is 1. The molecule has 0 fully saturated rings. The van der Waals surface area contributed by atoms with Crippen molar-refractivity contribution in [1.29, 1.82) is 5.26 Å². The lowest BCUT2D eigenvalue weighted by molar-refractivity contribution is -0.112. The number of aromatic nitrogens is 3. The number of rotatable bonds is 5. The Bertz CT molecular complexity index is 710. The molecular formula is C14H13N5OS. The zero-order valence-electron chi connectivity index (χ0n) is 11.3. The van der Waals surface area contributed by atoms with Crippen LogP contribution in [0.4, 0.5) is 0 Å². The van der Waals surface area contributed by atoms with Crippen molar-refractivity contribution in [3.8, 4) is 17.5 Å². The molecule has 0 saturated heterocycles. The summed E-state index contributed by atoms with van der Waals surface area (Å²) >= 11 is 1.16. The van der Waals surface area contributed by atoms with Crippen LogP contribution in [-0.2, 0) is 4.79 Å². The standard InChI is InChI=1S/C14H13N5OS/c1-9(16)11(7-15)12(20)8-21-14-17-13(18-19-14)10-5-3-2-4-6-10/h2-6H,8,16H2,1H3,(H,17,18,19)/b11-9+. The number of nitrogens with zero attached hydrogens (tertiary/aromatic N) is 3. The highest BCUT2D eigenvalue weighted by Crippen LogP contribution is 2.19. The van der Waals surface area contributed by atoms with Crippen molar-refractivity contribution < 1.29 is 4.79 Å². The second-order valence-corrected chi connectivity index (χ2v) is 5.16. The van der Waals surface area contributed by atoms with Crippen molar-refractivity contribution in [2.24, 2.45) is 5.73 Å². The van der Waals surface area contributed by atoms with E-state index in [1.807, 2.05) is 36.4 Å². The third-order valence-electron chi connectivity index (χ3n) is 2.63. The van der Waals surface area contributed by atoms with Crippen LogP contribution in [0.15, 0.2) is 46.8 Å². The maximum Gasteiger partial charge on any atom is 0.209 e. The average Bonchev–Trinajstić information content (AvgIpc) is 2.95. The smallest absolute Gasteiger partial charge is 0.209 e. The molecule has 3 N–H and O–H groups in total. The highest BCUT2D eigenvalue weighted by Gasteiger charge is 2.14. The first-order valence-electron chi connectivity index (χ1n) is 6.12. The SMILES string of the molecule is C/C(N)=C(/C#N)C(=O)CSc1n[nH]c(-c2ccccc2)n1. The van der Waals surface area contributed by atoms with Crippen LogP contribution < -0.4 is 5.73 Å². The van der Waals surface area contributed by atoms with Crippen LogP contribution in [-0.4, -0.2) is 26.7 Å². The van der Waals surface area contributed by atoms with Gasteiger partial charge in [0, 0.05) is 11.3 Å². The number of hydrogen-bond acceptors (Lipinski definition) is 6. The number of nitrogens with one attached hydrogen (secondary N) is 1. The molecule has 0 aliphatic carbocycles. The number of carbonyl (C=O) groups excluding carboxylic acids is 1. The molecule has 1 aromatic carbocycles. The summed E-state index contributed by atoms with van der Waals surface area (Å²) < 4.78 is 0. The Morgan fingerprint density at radius 3 is 2.76 bits per heavy atom. The number of Topliss-reactive ketones (excluding diaryl/α,β-unsaturated/α-hetero) is 1. The fourth-order valence-electron chi connectivity index (χ4n) is 1.61. The minimum absolute atomic E-state index is 0.0127. The predicted molar refractivity (Wildman–Crippen MR) is 80.1 cm³/mol. The van der Waals surface area contributed by atoms with E-state index in [-0.39, 0.29) is 22.8 Å². The van der Waals surface area contributed by atoms with Gasteiger partial charge in [0.2, 0.25) is 5.16 Å². The first-order chi connectivity index (χ1) is 10.1. The number of thioether (sulfide) groups is 1. The Labute approximate surface area is 126 Å². The van der Waals surface area contributed by atoms with E-state index in [0.29, 0.717) is 11.0 Å². The van der Waals surface area contributed by atoms with Gasteiger partial charge in [-0.1, -0.05) is 42.1 Å². The number of allylic oxidation sites excluding steroid dienone is 2. The van der Waals surface area contributed by atoms with Crippen LogP contribution >= 0.6 is 11.8 Å². The van der Waals surface area contributed by atoms with Crippen LogP contribution in [0.1, 0.15) is 6.92 Å². The summed E-state index contributed by atoms with van der Waals surface area (Å²) in [6.07, 6.45) is 0. The van der Waals surface area contributed by atoms with E-state index in [9.17, 15) is 4.79 Å². The monoisotopic (exact) mass is 299 g/mol. The summed E-state index contributed by atoms with van der Waals surface area (Å²) in [6.45, 7) is 1.53. The summed E-state index contributed by atoms with van der Waals surface area (Å²) in [4.78, 5) is 16.1. The number of hydrogen-bond donors (Lipinski definition) is 2. The molecule has 21 heavy (non-hydrogen) atoms. The van der Waals surface area contributed by atoms with E-state index in [4.69, 9.17) is 11.0 Å². The number of nitrogens with two attached hydrogens (primary N) is 1. The van der Waals surface area contributed by atoms with Gasteiger partial charge in [-0.05, 0) is 6.92 Å². The molecule has 0 saturated carbocycles. The van der Waals surface area contributed by atoms with E-state index in [1.165, 1.54) is 6.92 Å². The fourth-order valence-corrected chi connectivity index (χ4v) is 2.28. The summed E-state index contributed by atoms with van der Waals surface area (Å²) in [5.74, 6) is 0.383. The first kappa shape index (κ1) is 14.8. The lowest BCUT2D eigenvalue weighted by Gasteiger charge is -1.98. The van der Waals surface area contributed by atoms with Crippen molar-refractivity contribution >= 4 is 17.5 Å². The quantitative estimate of drug-likeness (QED) is 0.496. The highest BCUT2D eigenvalue weighted by atomic mass is 32.2. The van der Waals surface area contributed by atoms with E-state index in [0.717, 1.165) is 17.3 Å². The second-order valence-electron chi connectivity index (χ2n) is 4.21. The molecule has 0 amide bonds. The van der Waals surface area contributed by atoms with Crippen molar-refractivity contribution in [3.63, 3.8) is 0 Å². The van der Waals surface area contributed by atoms with E-state index < -0.39 is 0 Å². The zero-order chi connectivity index (χ0) is 15.2. The van der Waals surface area contributed by atoms with Gasteiger partial charge in [-0.15, -0.1) is 5.10 Å². The molecule has 2 aromatic rings. The molecule has 7 heteroatoms. The molecular weight excluding hydrogens is 286 g/mol. The number of carbonyl (C=O) groups is 1. The summed E-state index contributed by atoms with van der Waals surface area (Å²) in [6, 6.07) is 11.4. The van der Waals surface area contributed by atoms with Crippen LogP contribution in [0.5, 0.6) is 0 Å². The Hall–Kier alpha value is -2.59. The summed E-state index contributed by atoms with van der Waals surface area (Å²) in [7, 11) is 0. The lowest BCUT2D eigenvalue weighted by atomic mass is 10.2. The molecule has 1 heterocycles. The molecule has 0 radical (unpaired) electrons. The molecule has 2 rings (SSSR count). The Morgan fingerprint density at radius 2 is 2.14 bits per heavy atom. The Kier molecular flexibility index (Phi) is 4.74. The topological polar surface area (TPSA) is 108 Å². The van der Waals surface area contributed by atoms with Crippen molar-refractivity contribution in [1.82, 2.24) is 15.2 Å². The second kappa shape index (κ2) is 6.72. The van der Waals surface area contributed by atoms with Gasteiger partial charge >= 0.3 is 0 Å². The van der Waals surface area contributed by atoms with Gasteiger partial charge < -0.3 is 5.73 Å². The van der Waals surface area contributed by atoms with Crippen LogP contribution in [0.3, 0.4) is 0 Å². The molecule has 0 bridgehead atoms. The largest absolute Gasteiger partial charge is 0.401 e. The minimum Gasteiger partial charge on any atom is -0.401 e. The van der Waals surface area contributed by atoms with Crippen LogP contribution in [0.25, 0.3) is 11.4 Å². The fraction of sp³-hybridized carbons (Fsp3) is 0.143. The highest BCUT2D eigenvalue weighted by molar-refractivity contribution is 7.99. The molecule has 0 unspecified atom stereocenters. The average molecular weight is 299 g/mol. The zero-order valence-corrected chi connectivity index (χ0v) is 12.1. The Morgan fingerprint density at radius 1 is 1.43 bits per heavy atom. The first-order valence-corrected chi connectivity index (χ1v) is 7.10. The molecule has 106 valence electrons. The van der Waals surface area contributed by atoms with Crippen molar-refractivity contribution in [2.75, 3.05) is 5.75 Å². The third-order valence-corrected chi connectivity index (χ3v) is 3.48. The van der Waals surface area contributed by atoms with Gasteiger partial charge in [0.05, 0.1) is 5.75 Å². The van der Waals surface area contributed by atoms with Gasteiger partial charge in [0.15, 0.2) is 11.6 Å². The summed E-state index contributed by atoms with van der Waals surface area (Å²) in [5.41, 5.74) is 6.61. The van der Waals surface area contributed by atoms with Gasteiger partial charge in [-0.25, -0.2) is 4.98 Å². The molecule has 0 atom stereocenters. The van der Waals surface area contributed by atoms with Gasteiger partial charge in [0.25, 0.3) is 0 Å². The van der Waals surface area contributed by atoms with Gasteiger partial charge in [0.1, 0.15) is 11.6 Å². The van der Waals surface area contributed by atoms with Crippen molar-refractivity contribution in [3.05, 3.63) is 41.6 Å².